The predicted molar refractivity (Wildman–Crippen MR) is 17.9 cm³/mol. The first-order valence-electron chi connectivity index (χ1n) is 0.752. The molecular formula is H2ClEuO3P. The predicted octanol–water partition coefficient (Wildman–Crippen LogP) is 0.318. The maximum Gasteiger partial charge on any atom is 0.419 e. The Hall–Kier alpha value is 2.02. The summed E-state index contributed by atoms with van der Waals surface area (Å²) in [5, 5.41) is 0. The minimum atomic E-state index is -4.17. The smallest absolute Gasteiger partial charge is 0.313 e. The van der Waals surface area contributed by atoms with Crippen LogP contribution in [0.2, 0.25) is 0 Å². The zero-order valence-electron chi connectivity index (χ0n) is 2.51. The first-order chi connectivity index (χ1) is 2.00. The standard InChI is InChI=1S/ClH2O3P.Eu/c1-5(2,3)4;/h(H2,2,3,4);. The van der Waals surface area contributed by atoms with Crippen molar-refractivity contribution in [3.05, 3.63) is 0 Å². The maximum atomic E-state index is 9.09. The Balaban J connectivity index is 0. The molecule has 0 saturated heterocycles. The van der Waals surface area contributed by atoms with Gasteiger partial charge in [0.05, 0.1) is 0 Å². The first kappa shape index (κ1) is 10.9. The van der Waals surface area contributed by atoms with E-state index >= 15 is 0 Å². The number of halogens is 1. The van der Waals surface area contributed by atoms with Gasteiger partial charge in [-0.05, 0) is 0 Å². The number of rotatable bonds is 0. The largest absolute Gasteiger partial charge is 0.419 e. The molecule has 0 unspecified atom stereocenters. The van der Waals surface area contributed by atoms with Gasteiger partial charge >= 0.3 is 6.95 Å². The third-order valence-electron chi connectivity index (χ3n) is 0. The third-order valence-corrected chi connectivity index (χ3v) is 0. The van der Waals surface area contributed by atoms with Crippen molar-refractivity contribution in [2.75, 3.05) is 0 Å². The van der Waals surface area contributed by atoms with E-state index in [9.17, 15) is 0 Å². The Labute approximate surface area is 80.6 Å². The Morgan fingerprint density at radius 3 is 1.50 bits per heavy atom. The second-order valence-electron chi connectivity index (χ2n) is 0.473. The molecule has 0 rings (SSSR count). The molecule has 6 heavy (non-hydrogen) atoms. The van der Waals surface area contributed by atoms with E-state index in [1.54, 1.807) is 0 Å². The first-order valence-corrected chi connectivity index (χ1v) is 3.27. The van der Waals surface area contributed by atoms with Crippen LogP contribution in [0.5, 0.6) is 0 Å². The molecule has 39 valence electrons. The van der Waals surface area contributed by atoms with Gasteiger partial charge in [0.15, 0.2) is 0 Å². The fourth-order valence-electron chi connectivity index (χ4n) is 0. The van der Waals surface area contributed by atoms with Crippen molar-refractivity contribution in [3.63, 3.8) is 0 Å². The molecule has 0 aromatic heterocycles. The molecule has 0 aliphatic rings. The third kappa shape index (κ3) is 37.1. The zero-order chi connectivity index (χ0) is 4.50. The van der Waals surface area contributed by atoms with Gasteiger partial charge in [-0.15, -0.1) is 0 Å². The molecule has 1 radical (unpaired) electrons. The molecule has 0 heterocycles. The van der Waals surface area contributed by atoms with Gasteiger partial charge in [-0.1, -0.05) is 0 Å². The monoisotopic (exact) mass is 269 g/mol. The quantitative estimate of drug-likeness (QED) is 0.622. The van der Waals surface area contributed by atoms with Crippen LogP contribution in [0.4, 0.5) is 0 Å². The molecule has 0 spiro atoms. The van der Waals surface area contributed by atoms with E-state index in [4.69, 9.17) is 14.4 Å². The van der Waals surface area contributed by atoms with Crippen LogP contribution in [0.3, 0.4) is 0 Å². The molecule has 6 heteroatoms. The van der Waals surface area contributed by atoms with Crippen molar-refractivity contribution in [2.45, 2.75) is 0 Å². The maximum absolute atomic E-state index is 9.09. The average molecular weight is 268 g/mol. The average Bonchev–Trinajstić information content (AvgIpc) is 0.722. The summed E-state index contributed by atoms with van der Waals surface area (Å²) in [7, 11) is 0. The van der Waals surface area contributed by atoms with Gasteiger partial charge < -0.3 is 9.79 Å². The van der Waals surface area contributed by atoms with Crippen LogP contribution >= 0.6 is 18.2 Å². The summed E-state index contributed by atoms with van der Waals surface area (Å²) >= 11 is 4.20. The number of hydrogen-bond donors (Lipinski definition) is 2. The second kappa shape index (κ2) is 3.96. The molecule has 0 aliphatic carbocycles. The van der Waals surface area contributed by atoms with Gasteiger partial charge in [-0.25, -0.2) is 4.57 Å². The van der Waals surface area contributed by atoms with Crippen molar-refractivity contribution < 1.29 is 63.7 Å². The van der Waals surface area contributed by atoms with Gasteiger partial charge in [0, 0.05) is 60.6 Å². The molecule has 0 aromatic rings. The van der Waals surface area contributed by atoms with Gasteiger partial charge in [0.2, 0.25) is 0 Å². The van der Waals surface area contributed by atoms with E-state index in [2.05, 4.69) is 11.2 Å². The Morgan fingerprint density at radius 2 is 1.50 bits per heavy atom. The summed E-state index contributed by atoms with van der Waals surface area (Å²) in [5.41, 5.74) is 0. The molecule has 0 amide bonds. The molecular weight excluding hydrogens is 266 g/mol. The molecule has 0 atom stereocenters. The summed E-state index contributed by atoms with van der Waals surface area (Å²) in [4.78, 5) is 14.8. The summed E-state index contributed by atoms with van der Waals surface area (Å²) in [6.45, 7) is -4.17. The second-order valence-corrected chi connectivity index (χ2v) is 2.74. The Bertz CT molecular complexity index is 56.9. The summed E-state index contributed by atoms with van der Waals surface area (Å²) < 4.78 is 9.09. The minimum absolute atomic E-state index is 0. The van der Waals surface area contributed by atoms with E-state index in [0.717, 1.165) is 0 Å². The Kier molecular flexibility index (Phi) is 7.20. The van der Waals surface area contributed by atoms with Crippen molar-refractivity contribution >= 4 is 18.2 Å². The van der Waals surface area contributed by atoms with E-state index in [1.165, 1.54) is 0 Å². The zero-order valence-corrected chi connectivity index (χ0v) is 6.58. The molecule has 0 fully saturated rings. The van der Waals surface area contributed by atoms with Crippen molar-refractivity contribution in [1.82, 2.24) is 0 Å². The molecule has 0 saturated carbocycles. The van der Waals surface area contributed by atoms with E-state index in [1.807, 2.05) is 0 Å². The minimum Gasteiger partial charge on any atom is -0.313 e. The molecule has 3 nitrogen and oxygen atoms in total. The van der Waals surface area contributed by atoms with Crippen LogP contribution in [-0.2, 0) is 4.57 Å². The van der Waals surface area contributed by atoms with Gasteiger partial charge in [-0.3, -0.25) is 0 Å². The molecule has 0 aliphatic heterocycles. The van der Waals surface area contributed by atoms with E-state index in [0.29, 0.717) is 0 Å². The van der Waals surface area contributed by atoms with E-state index in [-0.39, 0.29) is 49.4 Å². The summed E-state index contributed by atoms with van der Waals surface area (Å²) in [5.74, 6) is 0. The fraction of sp³-hybridized carbons (Fsp3) is 0. The van der Waals surface area contributed by atoms with Crippen LogP contribution in [0.1, 0.15) is 0 Å². The number of hydrogen-bond acceptors (Lipinski definition) is 1. The van der Waals surface area contributed by atoms with Gasteiger partial charge in [-0.2, -0.15) is 0 Å². The fourth-order valence-corrected chi connectivity index (χ4v) is 0. The van der Waals surface area contributed by atoms with Crippen molar-refractivity contribution in [1.29, 1.82) is 0 Å². The van der Waals surface area contributed by atoms with E-state index < -0.39 is 6.95 Å². The Morgan fingerprint density at radius 1 is 1.50 bits per heavy atom. The van der Waals surface area contributed by atoms with Crippen LogP contribution in [0, 0.1) is 49.4 Å². The topological polar surface area (TPSA) is 57.5 Å². The van der Waals surface area contributed by atoms with Gasteiger partial charge in [0.25, 0.3) is 0 Å². The normalized spacial score (nSPS) is 9.83. The SMILES string of the molecule is O=P(O)(O)Cl.[Eu]. The molecule has 0 bridgehead atoms. The van der Waals surface area contributed by atoms with Crippen LogP contribution in [0.25, 0.3) is 0 Å². The molecule has 0 aromatic carbocycles. The van der Waals surface area contributed by atoms with Crippen LogP contribution in [-0.4, -0.2) is 9.79 Å². The van der Waals surface area contributed by atoms with Crippen LogP contribution in [0.15, 0.2) is 0 Å². The van der Waals surface area contributed by atoms with Crippen LogP contribution < -0.4 is 0 Å². The van der Waals surface area contributed by atoms with Crippen molar-refractivity contribution in [2.24, 2.45) is 0 Å². The van der Waals surface area contributed by atoms with Crippen molar-refractivity contribution in [3.8, 4) is 0 Å². The van der Waals surface area contributed by atoms with Gasteiger partial charge in [0.1, 0.15) is 0 Å². The summed E-state index contributed by atoms with van der Waals surface area (Å²) in [6, 6.07) is 0. The molecule has 2 N–H and O–H groups in total. The summed E-state index contributed by atoms with van der Waals surface area (Å²) in [6.07, 6.45) is 0.